The molecule has 1 nitrogen and oxygen atoms in total. The molecule has 1 atom stereocenters. The van der Waals surface area contributed by atoms with Gasteiger partial charge in [0.25, 0.3) is 0 Å². The number of hydrogen-bond donors (Lipinski definition) is 1. The van der Waals surface area contributed by atoms with Gasteiger partial charge in [-0.1, -0.05) is 32.4 Å². The van der Waals surface area contributed by atoms with E-state index >= 15 is 0 Å². The molecule has 0 aromatic heterocycles. The fourth-order valence-electron chi connectivity index (χ4n) is 2.87. The Morgan fingerprint density at radius 3 is 2.81 bits per heavy atom. The molecule has 1 aromatic carbocycles. The molecular formula is C15H23N. The molecule has 1 heteroatoms. The Hall–Kier alpha value is -0.980. The van der Waals surface area contributed by atoms with Crippen molar-refractivity contribution in [2.75, 3.05) is 5.32 Å². The first kappa shape index (κ1) is 11.5. The first-order chi connectivity index (χ1) is 7.52. The van der Waals surface area contributed by atoms with Crippen molar-refractivity contribution in [3.8, 4) is 0 Å². The predicted molar refractivity (Wildman–Crippen MR) is 71.2 cm³/mol. The lowest BCUT2D eigenvalue weighted by Gasteiger charge is -2.37. The van der Waals surface area contributed by atoms with Crippen LogP contribution in [0.4, 0.5) is 5.69 Å². The van der Waals surface area contributed by atoms with E-state index in [0.717, 1.165) is 0 Å². The van der Waals surface area contributed by atoms with Crippen molar-refractivity contribution in [2.24, 2.45) is 0 Å². The van der Waals surface area contributed by atoms with Crippen molar-refractivity contribution < 1.29 is 0 Å². The lowest BCUT2D eigenvalue weighted by Crippen LogP contribution is -2.36. The van der Waals surface area contributed by atoms with E-state index in [1.807, 2.05) is 0 Å². The second-order valence-corrected chi connectivity index (χ2v) is 5.79. The van der Waals surface area contributed by atoms with E-state index in [-0.39, 0.29) is 5.54 Å². The molecular weight excluding hydrogens is 194 g/mol. The summed E-state index contributed by atoms with van der Waals surface area (Å²) in [6.45, 7) is 9.15. The number of rotatable bonds is 2. The summed E-state index contributed by atoms with van der Waals surface area (Å²) in [5.74, 6) is 0.669. The minimum absolute atomic E-state index is 0.235. The smallest absolute Gasteiger partial charge is 0.0379 e. The summed E-state index contributed by atoms with van der Waals surface area (Å²) < 4.78 is 0. The van der Waals surface area contributed by atoms with Crippen LogP contribution < -0.4 is 5.32 Å². The summed E-state index contributed by atoms with van der Waals surface area (Å²) in [4.78, 5) is 0. The second kappa shape index (κ2) is 4.12. The summed E-state index contributed by atoms with van der Waals surface area (Å²) in [7, 11) is 0. The molecule has 0 saturated carbocycles. The van der Waals surface area contributed by atoms with Crippen molar-refractivity contribution in [1.29, 1.82) is 0 Å². The normalized spacial score (nSPS) is 22.4. The fraction of sp³-hybridized carbons (Fsp3) is 0.600. The van der Waals surface area contributed by atoms with Gasteiger partial charge in [0.05, 0.1) is 0 Å². The molecule has 1 aliphatic heterocycles. The van der Waals surface area contributed by atoms with Gasteiger partial charge in [-0.15, -0.1) is 0 Å². The summed E-state index contributed by atoms with van der Waals surface area (Å²) in [6.07, 6.45) is 3.64. The van der Waals surface area contributed by atoms with E-state index in [1.54, 1.807) is 0 Å². The van der Waals surface area contributed by atoms with Gasteiger partial charge in [-0.05, 0) is 49.8 Å². The number of anilines is 1. The molecule has 2 rings (SSSR count). The van der Waals surface area contributed by atoms with Crippen molar-refractivity contribution >= 4 is 5.69 Å². The molecule has 1 heterocycles. The van der Waals surface area contributed by atoms with Crippen LogP contribution in [0.1, 0.15) is 57.6 Å². The maximum atomic E-state index is 3.64. The second-order valence-electron chi connectivity index (χ2n) is 5.79. The zero-order valence-electron chi connectivity index (χ0n) is 10.9. The van der Waals surface area contributed by atoms with E-state index in [2.05, 4.69) is 51.2 Å². The van der Waals surface area contributed by atoms with Crippen LogP contribution in [0.5, 0.6) is 0 Å². The summed E-state index contributed by atoms with van der Waals surface area (Å²) in [5.41, 5.74) is 4.56. The van der Waals surface area contributed by atoms with Crippen LogP contribution >= 0.6 is 0 Å². The first-order valence-electron chi connectivity index (χ1n) is 6.43. The Kier molecular flexibility index (Phi) is 2.96. The highest BCUT2D eigenvalue weighted by Crippen LogP contribution is 2.38. The quantitative estimate of drug-likeness (QED) is 0.777. The van der Waals surface area contributed by atoms with E-state index in [4.69, 9.17) is 0 Å². The average Bonchev–Trinajstić information content (AvgIpc) is 2.18. The summed E-state index contributed by atoms with van der Waals surface area (Å²) in [6, 6.07) is 6.92. The number of fused-ring (bicyclic) bond motifs is 1. The summed E-state index contributed by atoms with van der Waals surface area (Å²) in [5, 5.41) is 3.64. The van der Waals surface area contributed by atoms with Crippen LogP contribution in [-0.2, 0) is 6.42 Å². The monoisotopic (exact) mass is 217 g/mol. The Labute approximate surface area is 99.3 Å². The van der Waals surface area contributed by atoms with Crippen LogP contribution in [-0.4, -0.2) is 5.54 Å². The number of aryl methyl sites for hydroxylation is 1. The van der Waals surface area contributed by atoms with Gasteiger partial charge in [0.15, 0.2) is 0 Å². The van der Waals surface area contributed by atoms with Crippen LogP contribution in [0.25, 0.3) is 0 Å². The fourth-order valence-corrected chi connectivity index (χ4v) is 2.87. The molecule has 88 valence electrons. The van der Waals surface area contributed by atoms with Gasteiger partial charge in [0.1, 0.15) is 0 Å². The average molecular weight is 217 g/mol. The molecule has 1 aliphatic rings. The zero-order chi connectivity index (χ0) is 11.8. The van der Waals surface area contributed by atoms with Crippen molar-refractivity contribution in [3.63, 3.8) is 0 Å². The first-order valence-corrected chi connectivity index (χ1v) is 6.43. The molecule has 0 radical (unpaired) electrons. The van der Waals surface area contributed by atoms with Gasteiger partial charge in [0.2, 0.25) is 0 Å². The Bertz CT molecular complexity index is 379. The molecule has 1 unspecified atom stereocenters. The Balaban J connectivity index is 2.33. The maximum Gasteiger partial charge on any atom is 0.0379 e. The lowest BCUT2D eigenvalue weighted by atomic mass is 9.81. The van der Waals surface area contributed by atoms with Crippen molar-refractivity contribution in [2.45, 2.75) is 58.4 Å². The third-order valence-electron chi connectivity index (χ3n) is 3.48. The van der Waals surface area contributed by atoms with E-state index in [0.29, 0.717) is 5.92 Å². The van der Waals surface area contributed by atoms with Gasteiger partial charge < -0.3 is 5.32 Å². The SMILES string of the molecule is CCCc1ccc2c(c1)C(C)CC(C)(C)N2. The van der Waals surface area contributed by atoms with Gasteiger partial charge in [-0.25, -0.2) is 0 Å². The molecule has 16 heavy (non-hydrogen) atoms. The third kappa shape index (κ3) is 2.23. The van der Waals surface area contributed by atoms with Crippen molar-refractivity contribution in [3.05, 3.63) is 29.3 Å². The molecule has 0 fully saturated rings. The topological polar surface area (TPSA) is 12.0 Å². The van der Waals surface area contributed by atoms with Crippen LogP contribution in [0.15, 0.2) is 18.2 Å². The molecule has 1 aromatic rings. The van der Waals surface area contributed by atoms with Gasteiger partial charge in [-0.2, -0.15) is 0 Å². The number of nitrogens with one attached hydrogen (secondary N) is 1. The Morgan fingerprint density at radius 2 is 2.12 bits per heavy atom. The third-order valence-corrected chi connectivity index (χ3v) is 3.48. The molecule has 0 amide bonds. The molecule has 0 saturated heterocycles. The van der Waals surface area contributed by atoms with Crippen molar-refractivity contribution in [1.82, 2.24) is 0 Å². The highest BCUT2D eigenvalue weighted by Gasteiger charge is 2.28. The Morgan fingerprint density at radius 1 is 1.38 bits per heavy atom. The van der Waals surface area contributed by atoms with Crippen LogP contribution in [0.2, 0.25) is 0 Å². The lowest BCUT2D eigenvalue weighted by molar-refractivity contribution is 0.454. The number of benzene rings is 1. The molecule has 1 N–H and O–H groups in total. The predicted octanol–water partition coefficient (Wildman–Crippen LogP) is 4.34. The highest BCUT2D eigenvalue weighted by atomic mass is 15.0. The molecule has 0 bridgehead atoms. The highest BCUT2D eigenvalue weighted by molar-refractivity contribution is 5.58. The van der Waals surface area contributed by atoms with E-state index < -0.39 is 0 Å². The van der Waals surface area contributed by atoms with E-state index in [1.165, 1.54) is 36.1 Å². The van der Waals surface area contributed by atoms with Gasteiger partial charge in [-0.3, -0.25) is 0 Å². The van der Waals surface area contributed by atoms with E-state index in [9.17, 15) is 0 Å². The largest absolute Gasteiger partial charge is 0.380 e. The molecule has 0 aliphatic carbocycles. The van der Waals surface area contributed by atoms with Gasteiger partial charge in [0, 0.05) is 11.2 Å². The van der Waals surface area contributed by atoms with Gasteiger partial charge >= 0.3 is 0 Å². The maximum absolute atomic E-state index is 3.64. The number of hydrogen-bond acceptors (Lipinski definition) is 1. The van der Waals surface area contributed by atoms with Crippen LogP contribution in [0, 0.1) is 0 Å². The molecule has 0 spiro atoms. The van der Waals surface area contributed by atoms with Crippen LogP contribution in [0.3, 0.4) is 0 Å². The zero-order valence-corrected chi connectivity index (χ0v) is 10.9. The summed E-state index contributed by atoms with van der Waals surface area (Å²) >= 11 is 0. The minimum Gasteiger partial charge on any atom is -0.380 e. The minimum atomic E-state index is 0.235. The standard InChI is InChI=1S/C15H23N/c1-5-6-12-7-8-14-13(9-12)11(2)10-15(3,4)16-14/h7-9,11,16H,5-6,10H2,1-4H3.